The van der Waals surface area contributed by atoms with Crippen LogP contribution in [0.5, 0.6) is 5.75 Å². The smallest absolute Gasteiger partial charge is 0.193 e. The summed E-state index contributed by atoms with van der Waals surface area (Å²) in [6.45, 7) is 4.25. The normalized spacial score (nSPS) is 17.8. The molecule has 0 amide bonds. The summed E-state index contributed by atoms with van der Waals surface area (Å²) in [5.41, 5.74) is 13.6. The van der Waals surface area contributed by atoms with E-state index < -0.39 is 0 Å². The molecule has 2 unspecified atom stereocenters. The highest BCUT2D eigenvalue weighted by Crippen LogP contribution is 2.25. The van der Waals surface area contributed by atoms with Crippen LogP contribution in [-0.2, 0) is 0 Å². The molecule has 1 fully saturated rings. The van der Waals surface area contributed by atoms with Crippen molar-refractivity contribution in [1.82, 2.24) is 5.32 Å². The monoisotopic (exact) mass is 353 g/mol. The van der Waals surface area contributed by atoms with Crippen LogP contribution in [0.15, 0.2) is 42.5 Å². The lowest BCUT2D eigenvalue weighted by atomic mass is 9.97. The van der Waals surface area contributed by atoms with Gasteiger partial charge < -0.3 is 21.5 Å². The van der Waals surface area contributed by atoms with E-state index in [4.69, 9.17) is 16.2 Å². The Balaban J connectivity index is 1.70. The third-order valence-corrected chi connectivity index (χ3v) is 4.95. The molecule has 0 aromatic heterocycles. The molecule has 5 nitrogen and oxygen atoms in total. The van der Waals surface area contributed by atoms with Gasteiger partial charge in [-0.15, -0.1) is 0 Å². The second kappa shape index (κ2) is 8.23. The van der Waals surface area contributed by atoms with Crippen molar-refractivity contribution in [2.75, 3.05) is 24.6 Å². The molecule has 1 aliphatic rings. The lowest BCUT2D eigenvalue weighted by Gasteiger charge is -2.24. The summed E-state index contributed by atoms with van der Waals surface area (Å²) < 4.78 is 6.23. The number of benzene rings is 2. The highest BCUT2D eigenvalue weighted by molar-refractivity contribution is 6.09. The van der Waals surface area contributed by atoms with E-state index in [9.17, 15) is 4.79 Å². The lowest BCUT2D eigenvalue weighted by Crippen LogP contribution is -2.28. The van der Waals surface area contributed by atoms with Crippen LogP contribution in [0.25, 0.3) is 0 Å². The van der Waals surface area contributed by atoms with Gasteiger partial charge in [-0.05, 0) is 61.9 Å². The van der Waals surface area contributed by atoms with E-state index in [1.807, 2.05) is 12.1 Å². The topological polar surface area (TPSA) is 90.4 Å². The lowest BCUT2D eigenvalue weighted by molar-refractivity contribution is 0.103. The average Bonchev–Trinajstić information content (AvgIpc) is 3.18. The first kappa shape index (κ1) is 18.3. The number of nitrogen functional groups attached to an aromatic ring is 2. The molecule has 1 heterocycles. The summed E-state index contributed by atoms with van der Waals surface area (Å²) in [7, 11) is 0. The molecule has 1 aliphatic heterocycles. The Bertz CT molecular complexity index is 752. The Morgan fingerprint density at radius 1 is 1.15 bits per heavy atom. The molecule has 0 radical (unpaired) electrons. The van der Waals surface area contributed by atoms with Crippen molar-refractivity contribution in [2.45, 2.75) is 32.3 Å². The molecule has 0 bridgehead atoms. The van der Waals surface area contributed by atoms with Gasteiger partial charge in [-0.1, -0.05) is 13.3 Å². The minimum Gasteiger partial charge on any atom is -0.490 e. The van der Waals surface area contributed by atoms with Crippen molar-refractivity contribution in [3.05, 3.63) is 53.6 Å². The van der Waals surface area contributed by atoms with E-state index in [1.165, 1.54) is 0 Å². The molecular formula is C21H27N3O2. The van der Waals surface area contributed by atoms with Crippen molar-refractivity contribution in [3.63, 3.8) is 0 Å². The third kappa shape index (κ3) is 4.17. The van der Waals surface area contributed by atoms with E-state index in [1.54, 1.807) is 30.3 Å². The van der Waals surface area contributed by atoms with Crippen LogP contribution in [-0.4, -0.2) is 25.0 Å². The molecule has 2 aromatic rings. The second-order valence-electron chi connectivity index (χ2n) is 6.90. The molecule has 3 rings (SSSR count). The summed E-state index contributed by atoms with van der Waals surface area (Å²) in [6.07, 6.45) is 3.50. The third-order valence-electron chi connectivity index (χ3n) is 4.95. The molecule has 5 heteroatoms. The van der Waals surface area contributed by atoms with Gasteiger partial charge in [-0.25, -0.2) is 0 Å². The summed E-state index contributed by atoms with van der Waals surface area (Å²) in [6, 6.07) is 12.3. The molecule has 2 aromatic carbocycles. The first-order chi connectivity index (χ1) is 12.6. The maximum Gasteiger partial charge on any atom is 0.193 e. The number of nitrogens with one attached hydrogen (secondary N) is 1. The van der Waals surface area contributed by atoms with Crippen LogP contribution in [0, 0.1) is 5.92 Å². The van der Waals surface area contributed by atoms with Crippen molar-refractivity contribution in [2.24, 2.45) is 5.92 Å². The van der Waals surface area contributed by atoms with Crippen molar-refractivity contribution >= 4 is 17.2 Å². The van der Waals surface area contributed by atoms with E-state index >= 15 is 0 Å². The van der Waals surface area contributed by atoms with Gasteiger partial charge in [-0.2, -0.15) is 0 Å². The molecule has 5 N–H and O–H groups in total. The maximum absolute atomic E-state index is 12.6. The summed E-state index contributed by atoms with van der Waals surface area (Å²) in [5, 5.41) is 3.40. The molecule has 138 valence electrons. The zero-order valence-corrected chi connectivity index (χ0v) is 15.2. The van der Waals surface area contributed by atoms with E-state index in [-0.39, 0.29) is 11.9 Å². The fourth-order valence-corrected chi connectivity index (χ4v) is 3.41. The Labute approximate surface area is 154 Å². The van der Waals surface area contributed by atoms with E-state index in [2.05, 4.69) is 12.2 Å². The molecule has 0 spiro atoms. The number of nitrogens with two attached hydrogens (primary N) is 2. The van der Waals surface area contributed by atoms with Crippen LogP contribution >= 0.6 is 0 Å². The second-order valence-corrected chi connectivity index (χ2v) is 6.90. The van der Waals surface area contributed by atoms with Gasteiger partial charge in [0, 0.05) is 23.6 Å². The zero-order chi connectivity index (χ0) is 18.5. The number of hydrogen-bond acceptors (Lipinski definition) is 5. The van der Waals surface area contributed by atoms with Crippen molar-refractivity contribution in [3.8, 4) is 5.75 Å². The molecule has 2 atom stereocenters. The number of carbonyl (C=O) groups is 1. The molecule has 1 saturated heterocycles. The molecule has 0 saturated carbocycles. The number of anilines is 2. The van der Waals surface area contributed by atoms with Gasteiger partial charge in [0.05, 0.1) is 11.4 Å². The standard InChI is InChI=1S/C21H27N3O2/c1-2-3-20(16-10-11-24-13-16)26-17-7-4-14(5-8-17)21(25)15-6-9-18(22)19(23)12-15/h4-9,12,16,20,24H,2-3,10-11,13,22-23H2,1H3. The SMILES string of the molecule is CCCC(Oc1ccc(C(=O)c2ccc(N)c(N)c2)cc1)C1CCNC1. The summed E-state index contributed by atoms with van der Waals surface area (Å²) >= 11 is 0. The van der Waals surface area contributed by atoms with E-state index in [0.717, 1.165) is 38.1 Å². The van der Waals surface area contributed by atoms with Gasteiger partial charge >= 0.3 is 0 Å². The van der Waals surface area contributed by atoms with Gasteiger partial charge in [0.1, 0.15) is 11.9 Å². The predicted molar refractivity (Wildman–Crippen MR) is 105 cm³/mol. The number of carbonyl (C=O) groups excluding carboxylic acids is 1. The Kier molecular flexibility index (Phi) is 5.78. The largest absolute Gasteiger partial charge is 0.490 e. The first-order valence-electron chi connectivity index (χ1n) is 9.25. The average molecular weight is 353 g/mol. The number of rotatable bonds is 7. The van der Waals surface area contributed by atoms with Gasteiger partial charge in [0.15, 0.2) is 5.78 Å². The highest BCUT2D eigenvalue weighted by atomic mass is 16.5. The molecule has 0 aliphatic carbocycles. The number of hydrogen-bond donors (Lipinski definition) is 3. The quantitative estimate of drug-likeness (QED) is 0.525. The fraction of sp³-hybridized carbons (Fsp3) is 0.381. The minimum absolute atomic E-state index is 0.0756. The van der Waals surface area contributed by atoms with Gasteiger partial charge in [0.2, 0.25) is 0 Å². The maximum atomic E-state index is 12.6. The Morgan fingerprint density at radius 3 is 2.50 bits per heavy atom. The Morgan fingerprint density at radius 2 is 1.88 bits per heavy atom. The highest BCUT2D eigenvalue weighted by Gasteiger charge is 2.25. The van der Waals surface area contributed by atoms with Crippen LogP contribution in [0.1, 0.15) is 42.1 Å². The minimum atomic E-state index is -0.0756. The summed E-state index contributed by atoms with van der Waals surface area (Å²) in [5.74, 6) is 1.28. The van der Waals surface area contributed by atoms with Gasteiger partial charge in [0.25, 0.3) is 0 Å². The summed E-state index contributed by atoms with van der Waals surface area (Å²) in [4.78, 5) is 12.6. The first-order valence-corrected chi connectivity index (χ1v) is 9.25. The van der Waals surface area contributed by atoms with E-state index in [0.29, 0.717) is 28.4 Å². The van der Waals surface area contributed by atoms with Crippen LogP contribution in [0.4, 0.5) is 11.4 Å². The molecule has 26 heavy (non-hydrogen) atoms. The van der Waals surface area contributed by atoms with Crippen molar-refractivity contribution in [1.29, 1.82) is 0 Å². The van der Waals surface area contributed by atoms with Crippen LogP contribution in [0.3, 0.4) is 0 Å². The zero-order valence-electron chi connectivity index (χ0n) is 15.2. The fourth-order valence-electron chi connectivity index (χ4n) is 3.41. The van der Waals surface area contributed by atoms with Crippen LogP contribution < -0.4 is 21.5 Å². The number of ether oxygens (including phenoxy) is 1. The van der Waals surface area contributed by atoms with Gasteiger partial charge in [-0.3, -0.25) is 4.79 Å². The van der Waals surface area contributed by atoms with Crippen molar-refractivity contribution < 1.29 is 9.53 Å². The predicted octanol–water partition coefficient (Wildman–Crippen LogP) is 3.24. The molecular weight excluding hydrogens is 326 g/mol. The Hall–Kier alpha value is -2.53. The van der Waals surface area contributed by atoms with Crippen LogP contribution in [0.2, 0.25) is 0 Å². The number of ketones is 1.